The van der Waals surface area contributed by atoms with E-state index in [1.807, 2.05) is 13.8 Å². The van der Waals surface area contributed by atoms with E-state index in [1.54, 1.807) is 18.2 Å². The summed E-state index contributed by atoms with van der Waals surface area (Å²) in [6, 6.07) is 11.7. The number of hydrazone groups is 1. The lowest BCUT2D eigenvalue weighted by atomic mass is 9.90. The molecule has 0 unspecified atom stereocenters. The largest absolute Gasteiger partial charge is 0.484 e. The van der Waals surface area contributed by atoms with Crippen LogP contribution in [-0.4, -0.2) is 18.2 Å². The van der Waals surface area contributed by atoms with Gasteiger partial charge in [0.1, 0.15) is 5.75 Å². The molecule has 0 bridgehead atoms. The highest BCUT2D eigenvalue weighted by Crippen LogP contribution is 2.23. The standard InChI is InChI=1S/C21H23ClN2O2/c1-14-11-19(9-10-20(14)22)26-13-21(25)24-23-15(2)17-8-7-16-5-3-4-6-18(16)12-17/h7-12H,3-6,13H2,1-2H3,(H,24,25)/b23-15+. The van der Waals surface area contributed by atoms with E-state index in [-0.39, 0.29) is 12.5 Å². The van der Waals surface area contributed by atoms with Crippen LogP contribution in [0.2, 0.25) is 5.02 Å². The number of aryl methyl sites for hydroxylation is 3. The second-order valence-electron chi connectivity index (χ2n) is 6.62. The van der Waals surface area contributed by atoms with Gasteiger partial charge in [-0.15, -0.1) is 0 Å². The van der Waals surface area contributed by atoms with Crippen LogP contribution in [-0.2, 0) is 17.6 Å². The molecule has 2 aromatic rings. The van der Waals surface area contributed by atoms with Gasteiger partial charge in [0.15, 0.2) is 6.61 Å². The number of carbonyl (C=O) groups excluding carboxylic acids is 1. The van der Waals surface area contributed by atoms with Crippen LogP contribution >= 0.6 is 11.6 Å². The maximum absolute atomic E-state index is 12.0. The summed E-state index contributed by atoms with van der Waals surface area (Å²) >= 11 is 5.98. The molecular weight excluding hydrogens is 348 g/mol. The van der Waals surface area contributed by atoms with Crippen LogP contribution in [0.15, 0.2) is 41.5 Å². The molecule has 0 heterocycles. The number of hydrogen-bond donors (Lipinski definition) is 1. The van der Waals surface area contributed by atoms with Gasteiger partial charge in [-0.25, -0.2) is 5.43 Å². The molecular formula is C21H23ClN2O2. The molecule has 136 valence electrons. The Bertz CT molecular complexity index is 846. The van der Waals surface area contributed by atoms with E-state index in [1.165, 1.54) is 24.0 Å². The van der Waals surface area contributed by atoms with Gasteiger partial charge in [0.05, 0.1) is 5.71 Å². The van der Waals surface area contributed by atoms with E-state index in [2.05, 4.69) is 28.7 Å². The molecule has 3 rings (SSSR count). The zero-order chi connectivity index (χ0) is 18.5. The molecule has 0 aliphatic heterocycles. The first-order chi connectivity index (χ1) is 12.5. The summed E-state index contributed by atoms with van der Waals surface area (Å²) in [5.74, 6) is 0.312. The maximum Gasteiger partial charge on any atom is 0.277 e. The van der Waals surface area contributed by atoms with Crippen molar-refractivity contribution in [3.05, 3.63) is 63.7 Å². The van der Waals surface area contributed by atoms with Crippen molar-refractivity contribution in [2.45, 2.75) is 39.5 Å². The van der Waals surface area contributed by atoms with E-state index in [0.29, 0.717) is 10.8 Å². The monoisotopic (exact) mass is 370 g/mol. The van der Waals surface area contributed by atoms with Gasteiger partial charge >= 0.3 is 0 Å². The zero-order valence-corrected chi connectivity index (χ0v) is 15.9. The minimum absolute atomic E-state index is 0.0952. The first-order valence-corrected chi connectivity index (χ1v) is 9.25. The number of halogens is 1. The number of carbonyl (C=O) groups is 1. The van der Waals surface area contributed by atoms with Crippen LogP contribution in [0.25, 0.3) is 0 Å². The summed E-state index contributed by atoms with van der Waals surface area (Å²) < 4.78 is 5.48. The van der Waals surface area contributed by atoms with Gasteiger partial charge in [0, 0.05) is 5.02 Å². The maximum atomic E-state index is 12.0. The van der Waals surface area contributed by atoms with Crippen LogP contribution in [0, 0.1) is 6.92 Å². The number of benzene rings is 2. The van der Waals surface area contributed by atoms with E-state index < -0.39 is 0 Å². The molecule has 4 nitrogen and oxygen atoms in total. The topological polar surface area (TPSA) is 50.7 Å². The lowest BCUT2D eigenvalue weighted by molar-refractivity contribution is -0.123. The zero-order valence-electron chi connectivity index (χ0n) is 15.1. The van der Waals surface area contributed by atoms with Gasteiger partial charge in [-0.2, -0.15) is 5.10 Å². The van der Waals surface area contributed by atoms with Crippen molar-refractivity contribution in [2.24, 2.45) is 5.10 Å². The third kappa shape index (κ3) is 4.64. The second kappa shape index (κ2) is 8.37. The van der Waals surface area contributed by atoms with Gasteiger partial charge < -0.3 is 4.74 Å². The molecule has 0 atom stereocenters. The molecule has 1 N–H and O–H groups in total. The minimum atomic E-state index is -0.296. The number of hydrogen-bond acceptors (Lipinski definition) is 3. The summed E-state index contributed by atoms with van der Waals surface area (Å²) in [5.41, 5.74) is 8.12. The average molecular weight is 371 g/mol. The number of fused-ring (bicyclic) bond motifs is 1. The molecule has 1 aliphatic rings. The first-order valence-electron chi connectivity index (χ1n) is 8.87. The Morgan fingerprint density at radius 2 is 1.92 bits per heavy atom. The SMILES string of the molecule is C/C(=N\NC(=O)COc1ccc(Cl)c(C)c1)c1ccc2c(c1)CCCC2. The molecule has 26 heavy (non-hydrogen) atoms. The van der Waals surface area contributed by atoms with Gasteiger partial charge in [-0.3, -0.25) is 4.79 Å². The average Bonchev–Trinajstić information content (AvgIpc) is 2.66. The van der Waals surface area contributed by atoms with Gasteiger partial charge in [-0.05, 0) is 86.1 Å². The highest BCUT2D eigenvalue weighted by atomic mass is 35.5. The number of ether oxygens (including phenoxy) is 1. The fourth-order valence-electron chi connectivity index (χ4n) is 3.06. The molecule has 0 saturated heterocycles. The van der Waals surface area contributed by atoms with Crippen molar-refractivity contribution >= 4 is 23.2 Å². The van der Waals surface area contributed by atoms with E-state index >= 15 is 0 Å². The minimum Gasteiger partial charge on any atom is -0.484 e. The van der Waals surface area contributed by atoms with Gasteiger partial charge in [0.2, 0.25) is 0 Å². The third-order valence-corrected chi connectivity index (χ3v) is 5.04. The quantitative estimate of drug-likeness (QED) is 0.624. The summed E-state index contributed by atoms with van der Waals surface area (Å²) in [6.07, 6.45) is 4.79. The van der Waals surface area contributed by atoms with Crippen LogP contribution < -0.4 is 10.2 Å². The highest BCUT2D eigenvalue weighted by Gasteiger charge is 2.11. The number of nitrogens with one attached hydrogen (secondary N) is 1. The van der Waals surface area contributed by atoms with Crippen molar-refractivity contribution in [3.8, 4) is 5.75 Å². The Labute approximate surface area is 159 Å². The highest BCUT2D eigenvalue weighted by molar-refractivity contribution is 6.31. The molecule has 0 saturated carbocycles. The van der Waals surface area contributed by atoms with Crippen LogP contribution in [0.4, 0.5) is 0 Å². The number of nitrogens with zero attached hydrogens (tertiary/aromatic N) is 1. The Balaban J connectivity index is 1.56. The fraction of sp³-hybridized carbons (Fsp3) is 0.333. The summed E-state index contributed by atoms with van der Waals surface area (Å²) in [5, 5.41) is 4.88. The molecule has 1 amide bonds. The van der Waals surface area contributed by atoms with E-state index in [9.17, 15) is 4.79 Å². The molecule has 0 radical (unpaired) electrons. The fourth-order valence-corrected chi connectivity index (χ4v) is 3.17. The molecule has 5 heteroatoms. The Morgan fingerprint density at radius 1 is 1.15 bits per heavy atom. The number of amides is 1. The van der Waals surface area contributed by atoms with Crippen molar-refractivity contribution in [2.75, 3.05) is 6.61 Å². The van der Waals surface area contributed by atoms with Gasteiger partial charge in [0.25, 0.3) is 5.91 Å². The van der Waals surface area contributed by atoms with Crippen LogP contribution in [0.3, 0.4) is 0 Å². The van der Waals surface area contributed by atoms with Crippen LogP contribution in [0.5, 0.6) is 5.75 Å². The number of rotatable bonds is 5. The summed E-state index contributed by atoms with van der Waals surface area (Å²) in [4.78, 5) is 12.0. The van der Waals surface area contributed by atoms with E-state index in [0.717, 1.165) is 29.7 Å². The second-order valence-corrected chi connectivity index (χ2v) is 7.03. The van der Waals surface area contributed by atoms with E-state index in [4.69, 9.17) is 16.3 Å². The Hall–Kier alpha value is -2.33. The normalized spacial score (nSPS) is 13.9. The van der Waals surface area contributed by atoms with Crippen molar-refractivity contribution in [1.29, 1.82) is 0 Å². The predicted octanol–water partition coefficient (Wildman–Crippen LogP) is 4.45. The summed E-state index contributed by atoms with van der Waals surface area (Å²) in [7, 11) is 0. The summed E-state index contributed by atoms with van der Waals surface area (Å²) in [6.45, 7) is 3.69. The third-order valence-electron chi connectivity index (χ3n) is 4.61. The molecule has 0 spiro atoms. The van der Waals surface area contributed by atoms with Crippen molar-refractivity contribution < 1.29 is 9.53 Å². The smallest absolute Gasteiger partial charge is 0.277 e. The van der Waals surface area contributed by atoms with Crippen LogP contribution in [0.1, 0.15) is 42.0 Å². The molecule has 2 aromatic carbocycles. The lowest BCUT2D eigenvalue weighted by Crippen LogP contribution is -2.25. The Morgan fingerprint density at radius 3 is 2.69 bits per heavy atom. The van der Waals surface area contributed by atoms with Crippen molar-refractivity contribution in [1.82, 2.24) is 5.43 Å². The predicted molar refractivity (Wildman–Crippen MR) is 105 cm³/mol. The molecule has 0 fully saturated rings. The lowest BCUT2D eigenvalue weighted by Gasteiger charge is -2.16. The van der Waals surface area contributed by atoms with Crippen molar-refractivity contribution in [3.63, 3.8) is 0 Å². The van der Waals surface area contributed by atoms with Gasteiger partial charge in [-0.1, -0.05) is 23.7 Å². The first kappa shape index (κ1) is 18.5. The molecule has 0 aromatic heterocycles. The molecule has 1 aliphatic carbocycles. The Kier molecular flexibility index (Phi) is 5.94.